The van der Waals surface area contributed by atoms with E-state index in [1.165, 1.54) is 43.6 Å². The summed E-state index contributed by atoms with van der Waals surface area (Å²) in [6.07, 6.45) is 0. The first-order valence-corrected chi connectivity index (χ1v) is 11.6. The summed E-state index contributed by atoms with van der Waals surface area (Å²) < 4.78 is 2.28. The van der Waals surface area contributed by atoms with Crippen molar-refractivity contribution in [2.75, 3.05) is 0 Å². The third-order valence-electron chi connectivity index (χ3n) is 6.58. The number of fused-ring (bicyclic) bond motifs is 1. The lowest BCUT2D eigenvalue weighted by molar-refractivity contribution is 1.07. The average molecular weight is 436 g/mol. The topological polar surface area (TPSA) is 4.93 Å². The Morgan fingerprint density at radius 3 is 1.79 bits per heavy atom. The van der Waals surface area contributed by atoms with Crippen LogP contribution in [0.15, 0.2) is 121 Å². The average Bonchev–Trinajstić information content (AvgIpc) is 2.91. The molecule has 0 radical (unpaired) electrons. The molecule has 0 bridgehead atoms. The summed E-state index contributed by atoms with van der Waals surface area (Å²) in [4.78, 5) is 0. The molecule has 0 saturated heterocycles. The smallest absolute Gasteiger partial charge is 0.0545 e. The molecule has 5 aromatic carbocycles. The standard InChI is InChI=1S/C33H25N/c1-23-13-15-25(16-14-23)26-17-19-31(20-18-26)34-24(2)21-28-7-3-4-8-29(28)22-30-11-5-9-27-10-6-12-32(34)33(27)30/h3-22H,2H2,1H3. The summed E-state index contributed by atoms with van der Waals surface area (Å²) in [5, 5.41) is 6.97. The van der Waals surface area contributed by atoms with Crippen LogP contribution in [0.2, 0.25) is 0 Å². The number of aryl methyl sites for hydroxylation is 1. The third kappa shape index (κ3) is 3.52. The van der Waals surface area contributed by atoms with Crippen LogP contribution in [0.25, 0.3) is 55.8 Å². The van der Waals surface area contributed by atoms with Gasteiger partial charge in [-0.15, -0.1) is 0 Å². The van der Waals surface area contributed by atoms with E-state index in [0.717, 1.165) is 16.6 Å². The first kappa shape index (κ1) is 20.3. The van der Waals surface area contributed by atoms with Gasteiger partial charge in [-0.3, -0.25) is 0 Å². The number of nitrogens with zero attached hydrogens (tertiary/aromatic N) is 1. The maximum Gasteiger partial charge on any atom is 0.0545 e. The van der Waals surface area contributed by atoms with Gasteiger partial charge in [0.25, 0.3) is 0 Å². The Hall–Kier alpha value is -4.36. The first-order valence-electron chi connectivity index (χ1n) is 11.6. The van der Waals surface area contributed by atoms with Crippen LogP contribution in [0, 0.1) is 6.92 Å². The molecule has 0 aliphatic carbocycles. The number of benzene rings is 5. The summed E-state index contributed by atoms with van der Waals surface area (Å²) in [6.45, 7) is 6.64. The molecule has 34 heavy (non-hydrogen) atoms. The fourth-order valence-corrected chi connectivity index (χ4v) is 4.85. The highest BCUT2D eigenvalue weighted by Crippen LogP contribution is 2.28. The maximum atomic E-state index is 4.52. The molecule has 0 amide bonds. The van der Waals surface area contributed by atoms with Crippen molar-refractivity contribution in [3.05, 3.63) is 132 Å². The SMILES string of the molecule is C=c1cc2ccccc2cc2cccc3cccc(c32)n1-c1ccc(-c2ccc(C)cc2)cc1. The van der Waals surface area contributed by atoms with E-state index in [-0.39, 0.29) is 0 Å². The number of hydrogen-bond donors (Lipinski definition) is 0. The van der Waals surface area contributed by atoms with Gasteiger partial charge in [0.1, 0.15) is 0 Å². The van der Waals surface area contributed by atoms with Crippen LogP contribution in [0.1, 0.15) is 5.56 Å². The minimum Gasteiger partial charge on any atom is -0.310 e. The van der Waals surface area contributed by atoms with Gasteiger partial charge in [-0.2, -0.15) is 0 Å². The summed E-state index contributed by atoms with van der Waals surface area (Å²) in [5.74, 6) is 0. The molecule has 1 aromatic heterocycles. The zero-order valence-electron chi connectivity index (χ0n) is 19.2. The van der Waals surface area contributed by atoms with E-state index in [1.807, 2.05) is 0 Å². The van der Waals surface area contributed by atoms with Crippen molar-refractivity contribution in [2.24, 2.45) is 0 Å². The lowest BCUT2D eigenvalue weighted by atomic mass is 10.0. The van der Waals surface area contributed by atoms with Crippen molar-refractivity contribution in [3.63, 3.8) is 0 Å². The van der Waals surface area contributed by atoms with Gasteiger partial charge in [0.15, 0.2) is 0 Å². The van der Waals surface area contributed by atoms with Gasteiger partial charge in [0, 0.05) is 16.4 Å². The maximum absolute atomic E-state index is 4.52. The summed E-state index contributed by atoms with van der Waals surface area (Å²) in [7, 11) is 0. The normalized spacial score (nSPS) is 11.2. The van der Waals surface area contributed by atoms with Crippen LogP contribution in [0.4, 0.5) is 0 Å². The largest absolute Gasteiger partial charge is 0.310 e. The van der Waals surface area contributed by atoms with Crippen molar-refractivity contribution < 1.29 is 0 Å². The monoisotopic (exact) mass is 435 g/mol. The lowest BCUT2D eigenvalue weighted by Gasteiger charge is -2.13. The van der Waals surface area contributed by atoms with Crippen LogP contribution in [0.3, 0.4) is 0 Å². The Bertz CT molecular complexity index is 1750. The van der Waals surface area contributed by atoms with Crippen LogP contribution in [-0.4, -0.2) is 4.57 Å². The molecular formula is C33H25N. The molecule has 1 nitrogen and oxygen atoms in total. The van der Waals surface area contributed by atoms with Crippen molar-refractivity contribution in [3.8, 4) is 16.8 Å². The van der Waals surface area contributed by atoms with Crippen molar-refractivity contribution in [1.82, 2.24) is 4.57 Å². The van der Waals surface area contributed by atoms with Crippen LogP contribution < -0.4 is 5.35 Å². The van der Waals surface area contributed by atoms with Crippen molar-refractivity contribution >= 4 is 39.0 Å². The van der Waals surface area contributed by atoms with E-state index in [0.29, 0.717) is 0 Å². The first-order chi connectivity index (χ1) is 16.7. The number of hydrogen-bond acceptors (Lipinski definition) is 0. The van der Waals surface area contributed by atoms with Crippen LogP contribution in [-0.2, 0) is 0 Å². The molecular weight excluding hydrogens is 410 g/mol. The highest BCUT2D eigenvalue weighted by atomic mass is 15.0. The van der Waals surface area contributed by atoms with Gasteiger partial charge >= 0.3 is 0 Å². The number of aromatic nitrogens is 1. The highest BCUT2D eigenvalue weighted by molar-refractivity contribution is 6.09. The van der Waals surface area contributed by atoms with Gasteiger partial charge in [-0.05, 0) is 69.9 Å². The van der Waals surface area contributed by atoms with Gasteiger partial charge in [0.05, 0.1) is 5.52 Å². The van der Waals surface area contributed by atoms with E-state index in [2.05, 4.69) is 139 Å². The Balaban J connectivity index is 1.70. The van der Waals surface area contributed by atoms with E-state index in [1.54, 1.807) is 0 Å². The lowest BCUT2D eigenvalue weighted by Crippen LogP contribution is -2.15. The molecule has 0 fully saturated rings. The molecule has 6 rings (SSSR count). The van der Waals surface area contributed by atoms with Gasteiger partial charge in [-0.25, -0.2) is 0 Å². The van der Waals surface area contributed by atoms with E-state index in [9.17, 15) is 0 Å². The minimum absolute atomic E-state index is 0.938. The van der Waals surface area contributed by atoms with Gasteiger partial charge < -0.3 is 4.57 Å². The third-order valence-corrected chi connectivity index (χ3v) is 6.58. The van der Waals surface area contributed by atoms with Gasteiger partial charge in [-0.1, -0.05) is 103 Å². The molecule has 0 unspecified atom stereocenters. The minimum atomic E-state index is 0.938. The fourth-order valence-electron chi connectivity index (χ4n) is 4.85. The molecule has 1 heterocycles. The zero-order valence-corrected chi connectivity index (χ0v) is 19.2. The van der Waals surface area contributed by atoms with E-state index in [4.69, 9.17) is 0 Å². The highest BCUT2D eigenvalue weighted by Gasteiger charge is 2.07. The van der Waals surface area contributed by atoms with E-state index < -0.39 is 0 Å². The molecule has 0 N–H and O–H groups in total. The summed E-state index contributed by atoms with van der Waals surface area (Å²) in [5.41, 5.74) is 5.94. The Morgan fingerprint density at radius 1 is 0.529 bits per heavy atom. The van der Waals surface area contributed by atoms with Crippen molar-refractivity contribution in [2.45, 2.75) is 6.92 Å². The van der Waals surface area contributed by atoms with Crippen LogP contribution >= 0.6 is 0 Å². The predicted octanol–water partition coefficient (Wildman–Crippen LogP) is 8.17. The van der Waals surface area contributed by atoms with E-state index >= 15 is 0 Å². The second-order valence-electron chi connectivity index (χ2n) is 8.88. The molecule has 1 heteroatoms. The van der Waals surface area contributed by atoms with Crippen LogP contribution in [0.5, 0.6) is 0 Å². The van der Waals surface area contributed by atoms with Gasteiger partial charge in [0.2, 0.25) is 0 Å². The Morgan fingerprint density at radius 2 is 1.09 bits per heavy atom. The molecule has 0 aliphatic rings. The molecule has 0 atom stereocenters. The number of rotatable bonds is 2. The molecule has 0 spiro atoms. The Kier molecular flexibility index (Phi) is 4.89. The molecule has 6 aromatic rings. The Labute approximate surface area is 199 Å². The zero-order chi connectivity index (χ0) is 23.1. The quantitative estimate of drug-likeness (QED) is 0.258. The summed E-state index contributed by atoms with van der Waals surface area (Å²) >= 11 is 0. The predicted molar refractivity (Wildman–Crippen MR) is 147 cm³/mol. The summed E-state index contributed by atoms with van der Waals surface area (Å²) in [6, 6.07) is 43.5. The molecule has 0 aliphatic heterocycles. The second kappa shape index (κ2) is 8.20. The van der Waals surface area contributed by atoms with Crippen molar-refractivity contribution in [1.29, 1.82) is 0 Å². The second-order valence-corrected chi connectivity index (χ2v) is 8.88. The molecule has 0 saturated carbocycles. The molecule has 162 valence electrons. The fraction of sp³-hybridized carbons (Fsp3) is 0.0303.